The van der Waals surface area contributed by atoms with Crippen LogP contribution in [0.25, 0.3) is 0 Å². The maximum Gasteiger partial charge on any atom is 0.128 e. The monoisotopic (exact) mass is 419 g/mol. The van der Waals surface area contributed by atoms with Crippen LogP contribution in [-0.4, -0.2) is 7.05 Å². The number of halogens is 3. The molecule has 0 bridgehead atoms. The van der Waals surface area contributed by atoms with E-state index in [0.717, 1.165) is 10.0 Å². The highest BCUT2D eigenvalue weighted by molar-refractivity contribution is 14.1. The normalized spacial score (nSPS) is 12.4. The van der Waals surface area contributed by atoms with Crippen LogP contribution in [0.15, 0.2) is 46.9 Å². The van der Waals surface area contributed by atoms with E-state index in [1.54, 1.807) is 6.07 Å². The van der Waals surface area contributed by atoms with E-state index in [0.29, 0.717) is 5.56 Å². The summed E-state index contributed by atoms with van der Waals surface area (Å²) < 4.78 is 16.0. The van der Waals surface area contributed by atoms with Gasteiger partial charge in [-0.2, -0.15) is 0 Å². The highest BCUT2D eigenvalue weighted by Crippen LogP contribution is 2.27. The van der Waals surface area contributed by atoms with E-state index in [-0.39, 0.29) is 11.9 Å². The lowest BCUT2D eigenvalue weighted by Gasteiger charge is -2.18. The summed E-state index contributed by atoms with van der Waals surface area (Å²) in [6.45, 7) is 0. The Hall–Kier alpha value is -0.460. The van der Waals surface area contributed by atoms with Crippen LogP contribution >= 0.6 is 38.5 Å². The lowest BCUT2D eigenvalue weighted by molar-refractivity contribution is 0.575. The maximum absolute atomic E-state index is 13.9. The zero-order chi connectivity index (χ0) is 13.1. The third-order valence-electron chi connectivity index (χ3n) is 2.76. The van der Waals surface area contributed by atoms with Gasteiger partial charge < -0.3 is 5.32 Å². The van der Waals surface area contributed by atoms with Crippen LogP contribution < -0.4 is 5.32 Å². The smallest absolute Gasteiger partial charge is 0.128 e. The van der Waals surface area contributed by atoms with Crippen LogP contribution in [0.5, 0.6) is 0 Å². The van der Waals surface area contributed by atoms with Crippen LogP contribution in [0, 0.1) is 9.39 Å². The molecule has 0 aliphatic heterocycles. The fraction of sp³-hybridized carbons (Fsp3) is 0.143. The van der Waals surface area contributed by atoms with Crippen LogP contribution in [0.1, 0.15) is 17.2 Å². The number of nitrogens with one attached hydrogen (secondary N) is 1. The fourth-order valence-electron chi connectivity index (χ4n) is 1.89. The molecule has 0 amide bonds. The van der Waals surface area contributed by atoms with Gasteiger partial charge in [-0.3, -0.25) is 0 Å². The van der Waals surface area contributed by atoms with Crippen molar-refractivity contribution < 1.29 is 4.39 Å². The molecule has 18 heavy (non-hydrogen) atoms. The molecule has 0 radical (unpaired) electrons. The van der Waals surface area contributed by atoms with E-state index in [9.17, 15) is 4.39 Å². The Bertz CT molecular complexity index is 542. The van der Waals surface area contributed by atoms with Gasteiger partial charge in [0.15, 0.2) is 0 Å². The zero-order valence-electron chi connectivity index (χ0n) is 9.75. The molecule has 4 heteroatoms. The topological polar surface area (TPSA) is 12.0 Å². The highest BCUT2D eigenvalue weighted by Gasteiger charge is 2.16. The van der Waals surface area contributed by atoms with E-state index in [1.807, 2.05) is 37.4 Å². The van der Waals surface area contributed by atoms with Gasteiger partial charge in [0.1, 0.15) is 5.82 Å². The van der Waals surface area contributed by atoms with E-state index < -0.39 is 0 Å². The first-order chi connectivity index (χ1) is 8.61. The molecule has 0 saturated carbocycles. The van der Waals surface area contributed by atoms with Gasteiger partial charge >= 0.3 is 0 Å². The van der Waals surface area contributed by atoms with E-state index >= 15 is 0 Å². The van der Waals surface area contributed by atoms with Gasteiger partial charge in [-0.05, 0) is 65.5 Å². The van der Waals surface area contributed by atoms with Crippen LogP contribution in [0.3, 0.4) is 0 Å². The summed E-state index contributed by atoms with van der Waals surface area (Å²) in [6, 6.07) is 12.9. The Balaban J connectivity index is 2.44. The molecular weight excluding hydrogens is 408 g/mol. The maximum atomic E-state index is 13.9. The van der Waals surface area contributed by atoms with Crippen LogP contribution in [-0.2, 0) is 0 Å². The Morgan fingerprint density at radius 2 is 1.83 bits per heavy atom. The molecule has 1 N–H and O–H groups in total. The van der Waals surface area contributed by atoms with Gasteiger partial charge in [-0.15, -0.1) is 0 Å². The standard InChI is InChI=1S/C14H12BrFIN/c1-18-14(9-2-5-11(17)6-3-9)12-8-10(15)4-7-13(12)16/h2-8,14,18H,1H3. The third-order valence-corrected chi connectivity index (χ3v) is 3.97. The van der Waals surface area contributed by atoms with Crippen molar-refractivity contribution in [1.82, 2.24) is 5.32 Å². The molecule has 0 heterocycles. The molecule has 0 aliphatic carbocycles. The molecule has 1 unspecified atom stereocenters. The van der Waals surface area contributed by atoms with Crippen molar-refractivity contribution in [3.8, 4) is 0 Å². The molecule has 0 aromatic heterocycles. The fourth-order valence-corrected chi connectivity index (χ4v) is 2.63. The number of hydrogen-bond acceptors (Lipinski definition) is 1. The molecule has 2 aromatic carbocycles. The minimum Gasteiger partial charge on any atom is -0.309 e. The van der Waals surface area contributed by atoms with E-state index in [2.05, 4.69) is 43.8 Å². The quantitative estimate of drug-likeness (QED) is 0.722. The van der Waals surface area contributed by atoms with Crippen LogP contribution in [0.2, 0.25) is 0 Å². The molecular formula is C14H12BrFIN. The van der Waals surface area contributed by atoms with Crippen LogP contribution in [0.4, 0.5) is 4.39 Å². The summed E-state index contributed by atoms with van der Waals surface area (Å²) in [5, 5.41) is 3.16. The second kappa shape index (κ2) is 6.12. The minimum absolute atomic E-state index is 0.139. The molecule has 2 rings (SSSR count). The first kappa shape index (κ1) is 14.0. The first-order valence-electron chi connectivity index (χ1n) is 5.49. The molecule has 1 nitrogen and oxygen atoms in total. The Kier molecular flexibility index (Phi) is 4.75. The summed E-state index contributed by atoms with van der Waals surface area (Å²) in [5.74, 6) is -0.198. The highest BCUT2D eigenvalue weighted by atomic mass is 127. The molecule has 0 saturated heterocycles. The van der Waals surface area contributed by atoms with Crippen molar-refractivity contribution in [3.63, 3.8) is 0 Å². The van der Waals surface area contributed by atoms with Gasteiger partial charge in [-0.1, -0.05) is 28.1 Å². The van der Waals surface area contributed by atoms with Gasteiger partial charge in [0, 0.05) is 13.6 Å². The van der Waals surface area contributed by atoms with Crippen molar-refractivity contribution in [2.45, 2.75) is 6.04 Å². The third kappa shape index (κ3) is 3.10. The lowest BCUT2D eigenvalue weighted by atomic mass is 9.98. The van der Waals surface area contributed by atoms with Gasteiger partial charge in [0.2, 0.25) is 0 Å². The average Bonchev–Trinajstić information content (AvgIpc) is 2.37. The molecule has 2 aromatic rings. The Morgan fingerprint density at radius 1 is 1.17 bits per heavy atom. The van der Waals surface area contributed by atoms with E-state index in [1.165, 1.54) is 9.64 Å². The predicted molar refractivity (Wildman–Crippen MR) is 84.2 cm³/mol. The van der Waals surface area contributed by atoms with Crippen molar-refractivity contribution >= 4 is 38.5 Å². The predicted octanol–water partition coefficient (Wildman–Crippen LogP) is 4.50. The van der Waals surface area contributed by atoms with Crippen molar-refractivity contribution in [1.29, 1.82) is 0 Å². The largest absolute Gasteiger partial charge is 0.309 e. The molecule has 0 aliphatic rings. The van der Waals surface area contributed by atoms with Crippen molar-refractivity contribution in [2.75, 3.05) is 7.05 Å². The summed E-state index contributed by atoms with van der Waals surface area (Å²) in [7, 11) is 1.84. The van der Waals surface area contributed by atoms with Gasteiger partial charge in [-0.25, -0.2) is 4.39 Å². The molecule has 94 valence electrons. The Morgan fingerprint density at radius 3 is 2.44 bits per heavy atom. The average molecular weight is 420 g/mol. The second-order valence-corrected chi connectivity index (χ2v) is 6.10. The SMILES string of the molecule is CNC(c1ccc(I)cc1)c1cc(Br)ccc1F. The van der Waals surface area contributed by atoms with Gasteiger partial charge in [0.25, 0.3) is 0 Å². The van der Waals surface area contributed by atoms with Crippen molar-refractivity contribution in [3.05, 3.63) is 67.5 Å². The first-order valence-corrected chi connectivity index (χ1v) is 7.36. The number of benzene rings is 2. The summed E-state index contributed by atoms with van der Waals surface area (Å²) >= 11 is 5.64. The molecule has 0 fully saturated rings. The molecule has 0 spiro atoms. The summed E-state index contributed by atoms with van der Waals surface area (Å²) in [6.07, 6.45) is 0. The molecule has 1 atom stereocenters. The van der Waals surface area contributed by atoms with Crippen molar-refractivity contribution in [2.24, 2.45) is 0 Å². The van der Waals surface area contributed by atoms with E-state index in [4.69, 9.17) is 0 Å². The summed E-state index contributed by atoms with van der Waals surface area (Å²) in [4.78, 5) is 0. The Labute approximate surface area is 128 Å². The van der Waals surface area contributed by atoms with Gasteiger partial charge in [0.05, 0.1) is 6.04 Å². The number of rotatable bonds is 3. The summed E-state index contributed by atoms with van der Waals surface area (Å²) in [5.41, 5.74) is 1.70. The lowest BCUT2D eigenvalue weighted by Crippen LogP contribution is -2.19. The zero-order valence-corrected chi connectivity index (χ0v) is 13.5. The number of hydrogen-bond donors (Lipinski definition) is 1. The minimum atomic E-state index is -0.198. The second-order valence-electron chi connectivity index (χ2n) is 3.94.